The van der Waals surface area contributed by atoms with Crippen LogP contribution in [-0.4, -0.2) is 22.2 Å². The second kappa shape index (κ2) is 2.93. The zero-order valence-electron chi connectivity index (χ0n) is 4.35. The summed E-state index contributed by atoms with van der Waals surface area (Å²) < 4.78 is 13.7. The van der Waals surface area contributed by atoms with Crippen LogP contribution in [0.15, 0.2) is 0 Å². The van der Waals surface area contributed by atoms with Gasteiger partial charge in [-0.2, -0.15) is 0 Å². The summed E-state index contributed by atoms with van der Waals surface area (Å²) in [7, 11) is -4.71. The first-order valence-corrected chi connectivity index (χ1v) is 3.52. The number of carbonyl (C=O) groups is 1. The van der Waals surface area contributed by atoms with Gasteiger partial charge in [0.25, 0.3) is 0 Å². The van der Waals surface area contributed by atoms with E-state index in [2.05, 4.69) is 10.5 Å². The standard InChI is InChI=1S/C2H6NO5P/c3-1-8-2(4)9(5,6)7/h1,3H2,(H2,5,6,7). The molecule has 0 radical (unpaired) electrons. The van der Waals surface area contributed by atoms with Crippen molar-refractivity contribution in [2.45, 2.75) is 0 Å². The van der Waals surface area contributed by atoms with Gasteiger partial charge in [0.1, 0.15) is 6.73 Å². The Morgan fingerprint density at radius 2 is 2.11 bits per heavy atom. The Balaban J connectivity index is 3.90. The largest absolute Gasteiger partial charge is 0.441 e. The fourth-order valence-corrected chi connectivity index (χ4v) is 0.398. The monoisotopic (exact) mass is 155 g/mol. The molecule has 9 heavy (non-hydrogen) atoms. The maximum absolute atomic E-state index is 10.00. The average Bonchev–Trinajstić information content (AvgIpc) is 1.64. The van der Waals surface area contributed by atoms with Crippen molar-refractivity contribution >= 4 is 13.3 Å². The third-order valence-corrected chi connectivity index (χ3v) is 1.05. The highest BCUT2D eigenvalue weighted by molar-refractivity contribution is 7.69. The first-order chi connectivity index (χ1) is 3.98. The molecule has 0 aliphatic rings. The normalized spacial score (nSPS) is 11.0. The molecule has 0 heterocycles. The first kappa shape index (κ1) is 8.58. The van der Waals surface area contributed by atoms with Gasteiger partial charge in [0.05, 0.1) is 0 Å². The Labute approximate surface area is 50.8 Å². The number of ether oxygens (including phenoxy) is 1. The molecule has 0 saturated heterocycles. The molecule has 0 fully saturated rings. The van der Waals surface area contributed by atoms with Crippen LogP contribution in [0.25, 0.3) is 0 Å². The smallest absolute Gasteiger partial charge is 0.433 e. The second-order valence-corrected chi connectivity index (χ2v) is 2.57. The van der Waals surface area contributed by atoms with E-state index in [9.17, 15) is 9.36 Å². The van der Waals surface area contributed by atoms with Crippen LogP contribution in [-0.2, 0) is 9.30 Å². The van der Waals surface area contributed by atoms with Gasteiger partial charge in [-0.25, -0.2) is 9.36 Å². The van der Waals surface area contributed by atoms with Crippen LogP contribution in [0, 0.1) is 0 Å². The number of nitrogens with two attached hydrogens (primary N) is 1. The van der Waals surface area contributed by atoms with Crippen LogP contribution in [0.4, 0.5) is 4.79 Å². The van der Waals surface area contributed by atoms with Crippen LogP contribution < -0.4 is 5.73 Å². The van der Waals surface area contributed by atoms with E-state index in [0.717, 1.165) is 0 Å². The molecule has 0 aromatic heterocycles. The van der Waals surface area contributed by atoms with E-state index in [-0.39, 0.29) is 0 Å². The minimum Gasteiger partial charge on any atom is -0.441 e. The van der Waals surface area contributed by atoms with Gasteiger partial charge in [-0.1, -0.05) is 0 Å². The molecule has 0 saturated carbocycles. The summed E-state index contributed by atoms with van der Waals surface area (Å²) in [6.45, 7) is -0.524. The zero-order valence-corrected chi connectivity index (χ0v) is 5.25. The molecular formula is C2H6NO5P. The van der Waals surface area contributed by atoms with E-state index in [1.807, 2.05) is 0 Å². The van der Waals surface area contributed by atoms with Crippen LogP contribution in [0.2, 0.25) is 0 Å². The van der Waals surface area contributed by atoms with Gasteiger partial charge in [-0.05, 0) is 0 Å². The van der Waals surface area contributed by atoms with Gasteiger partial charge < -0.3 is 14.5 Å². The summed E-state index contributed by atoms with van der Waals surface area (Å²) in [5.74, 6) is 0. The molecule has 0 aromatic rings. The molecule has 0 amide bonds. The molecule has 0 aromatic carbocycles. The van der Waals surface area contributed by atoms with Crippen LogP contribution >= 0.6 is 7.60 Å². The lowest BCUT2D eigenvalue weighted by molar-refractivity contribution is 0.166. The van der Waals surface area contributed by atoms with Crippen LogP contribution in [0.3, 0.4) is 0 Å². The lowest BCUT2D eigenvalue weighted by Gasteiger charge is -2.00. The quantitative estimate of drug-likeness (QED) is 0.356. The fourth-order valence-electron chi connectivity index (χ4n) is 0.155. The molecule has 7 heteroatoms. The third kappa shape index (κ3) is 3.21. The van der Waals surface area contributed by atoms with Crippen molar-refractivity contribution < 1.29 is 23.9 Å². The van der Waals surface area contributed by atoms with Crippen LogP contribution in [0.5, 0.6) is 0 Å². The highest BCUT2D eigenvalue weighted by atomic mass is 31.2. The number of carbonyl (C=O) groups excluding carboxylic acids is 1. The molecule has 0 rings (SSSR count). The van der Waals surface area contributed by atoms with Crippen LogP contribution in [0.1, 0.15) is 0 Å². The van der Waals surface area contributed by atoms with Crippen molar-refractivity contribution in [1.29, 1.82) is 0 Å². The highest BCUT2D eigenvalue weighted by Gasteiger charge is 2.27. The van der Waals surface area contributed by atoms with E-state index < -0.39 is 20.0 Å². The van der Waals surface area contributed by atoms with Crippen molar-refractivity contribution in [2.75, 3.05) is 6.73 Å². The molecule has 0 spiro atoms. The molecule has 0 aliphatic carbocycles. The van der Waals surface area contributed by atoms with E-state index in [4.69, 9.17) is 9.79 Å². The van der Waals surface area contributed by atoms with Crippen molar-refractivity contribution in [1.82, 2.24) is 0 Å². The Hall–Kier alpha value is -0.420. The molecule has 4 N–H and O–H groups in total. The van der Waals surface area contributed by atoms with Crippen molar-refractivity contribution in [2.24, 2.45) is 5.73 Å². The minimum absolute atomic E-state index is 0.524. The summed E-state index contributed by atoms with van der Waals surface area (Å²) in [5, 5.41) is 0. The summed E-state index contributed by atoms with van der Waals surface area (Å²) in [6.07, 6.45) is 0. The minimum atomic E-state index is -4.71. The van der Waals surface area contributed by atoms with Gasteiger partial charge in [0, 0.05) is 0 Å². The lowest BCUT2D eigenvalue weighted by Crippen LogP contribution is -2.10. The van der Waals surface area contributed by atoms with Crippen molar-refractivity contribution in [3.63, 3.8) is 0 Å². The summed E-state index contributed by atoms with van der Waals surface area (Å²) >= 11 is 0. The summed E-state index contributed by atoms with van der Waals surface area (Å²) in [4.78, 5) is 26.0. The van der Waals surface area contributed by atoms with Gasteiger partial charge in [-0.15, -0.1) is 0 Å². The Bertz CT molecular complexity index is 149. The third-order valence-electron chi connectivity index (χ3n) is 0.445. The maximum atomic E-state index is 10.00. The van der Waals surface area contributed by atoms with Gasteiger partial charge in [-0.3, -0.25) is 5.73 Å². The fraction of sp³-hybridized carbons (Fsp3) is 0.500. The predicted molar refractivity (Wildman–Crippen MR) is 27.6 cm³/mol. The molecule has 0 unspecified atom stereocenters. The van der Waals surface area contributed by atoms with Crippen molar-refractivity contribution in [3.8, 4) is 0 Å². The Morgan fingerprint density at radius 1 is 1.67 bits per heavy atom. The zero-order chi connectivity index (χ0) is 7.49. The molecular weight excluding hydrogens is 149 g/mol. The van der Waals surface area contributed by atoms with Gasteiger partial charge in [0.2, 0.25) is 0 Å². The molecule has 6 nitrogen and oxygen atoms in total. The average molecular weight is 155 g/mol. The number of rotatable bonds is 2. The summed E-state index contributed by atoms with van der Waals surface area (Å²) in [5.41, 5.74) is 3.05. The van der Waals surface area contributed by atoms with Gasteiger partial charge in [0.15, 0.2) is 0 Å². The Morgan fingerprint density at radius 3 is 2.22 bits per heavy atom. The van der Waals surface area contributed by atoms with E-state index in [0.29, 0.717) is 0 Å². The first-order valence-electron chi connectivity index (χ1n) is 1.91. The molecule has 0 atom stereocenters. The lowest BCUT2D eigenvalue weighted by atomic mass is 11.3. The molecule has 0 bridgehead atoms. The predicted octanol–water partition coefficient (Wildman–Crippen LogP) is -0.783. The maximum Gasteiger partial charge on any atom is 0.433 e. The van der Waals surface area contributed by atoms with E-state index >= 15 is 0 Å². The number of hydrogen-bond acceptors (Lipinski definition) is 4. The Kier molecular flexibility index (Phi) is 2.80. The topological polar surface area (TPSA) is 110 Å². The molecule has 54 valence electrons. The van der Waals surface area contributed by atoms with E-state index in [1.165, 1.54) is 0 Å². The number of hydrogen-bond donors (Lipinski definition) is 3. The second-order valence-electron chi connectivity index (χ2n) is 1.12. The molecule has 0 aliphatic heterocycles. The van der Waals surface area contributed by atoms with Gasteiger partial charge >= 0.3 is 13.3 Å². The SMILES string of the molecule is NCOC(=O)P(=O)(O)O. The van der Waals surface area contributed by atoms with E-state index in [1.54, 1.807) is 0 Å². The highest BCUT2D eigenvalue weighted by Crippen LogP contribution is 2.36. The van der Waals surface area contributed by atoms with Crippen molar-refractivity contribution in [3.05, 3.63) is 0 Å². The summed E-state index contributed by atoms with van der Waals surface area (Å²) in [6, 6.07) is 0.